The molecule has 1 aliphatic rings. The monoisotopic (exact) mass is 210 g/mol. The second kappa shape index (κ2) is 3.58. The van der Waals surface area contributed by atoms with Crippen LogP contribution in [0.4, 0.5) is 0 Å². The fraction of sp³-hybridized carbons (Fsp3) is 0.500. The van der Waals surface area contributed by atoms with Gasteiger partial charge in [-0.05, 0) is 13.0 Å². The van der Waals surface area contributed by atoms with Crippen molar-refractivity contribution in [2.24, 2.45) is 5.73 Å². The maximum absolute atomic E-state index is 10.6. The van der Waals surface area contributed by atoms with Gasteiger partial charge in [0.05, 0.1) is 6.54 Å². The van der Waals surface area contributed by atoms with Crippen LogP contribution < -0.4 is 10.5 Å². The summed E-state index contributed by atoms with van der Waals surface area (Å²) in [5.74, 6) is -0.199. The molecule has 0 bridgehead atoms. The largest absolute Gasteiger partial charge is 0.480 e. The standard InChI is InChI=1S/C10H14N2O3/c1-6-4-7(5-8(11)10(13)14)9-12(6)2-3-15-9/h4,8H,2-3,5,11H2,1H3,(H,13,14). The van der Waals surface area contributed by atoms with Crippen LogP contribution in [0.5, 0.6) is 5.88 Å². The highest BCUT2D eigenvalue weighted by Crippen LogP contribution is 2.28. The third-order valence-corrected chi connectivity index (χ3v) is 2.64. The number of nitrogens with zero attached hydrogens (tertiary/aromatic N) is 1. The Morgan fingerprint density at radius 2 is 2.53 bits per heavy atom. The Labute approximate surface area is 87.4 Å². The highest BCUT2D eigenvalue weighted by Gasteiger charge is 2.22. The fourth-order valence-corrected chi connectivity index (χ4v) is 1.88. The number of nitrogens with two attached hydrogens (primary N) is 1. The van der Waals surface area contributed by atoms with E-state index < -0.39 is 12.0 Å². The normalized spacial score (nSPS) is 15.9. The zero-order chi connectivity index (χ0) is 11.0. The summed E-state index contributed by atoms with van der Waals surface area (Å²) in [6, 6.07) is 1.08. The van der Waals surface area contributed by atoms with E-state index in [2.05, 4.69) is 0 Å². The lowest BCUT2D eigenvalue weighted by atomic mass is 10.1. The topological polar surface area (TPSA) is 77.5 Å². The Morgan fingerprint density at radius 1 is 1.80 bits per heavy atom. The van der Waals surface area contributed by atoms with Gasteiger partial charge >= 0.3 is 5.97 Å². The van der Waals surface area contributed by atoms with Crippen molar-refractivity contribution in [1.82, 2.24) is 4.57 Å². The van der Waals surface area contributed by atoms with E-state index in [0.29, 0.717) is 13.0 Å². The summed E-state index contributed by atoms with van der Waals surface area (Å²) >= 11 is 0. The minimum absolute atomic E-state index is 0.318. The number of hydrogen-bond donors (Lipinski definition) is 2. The Bertz CT molecular complexity index is 398. The smallest absolute Gasteiger partial charge is 0.320 e. The highest BCUT2D eigenvalue weighted by atomic mass is 16.5. The molecule has 82 valence electrons. The average molecular weight is 210 g/mol. The van der Waals surface area contributed by atoms with Gasteiger partial charge in [-0.15, -0.1) is 0 Å². The van der Waals surface area contributed by atoms with Crippen LogP contribution in [0.25, 0.3) is 0 Å². The third kappa shape index (κ3) is 1.70. The van der Waals surface area contributed by atoms with E-state index in [9.17, 15) is 4.79 Å². The molecule has 0 aromatic carbocycles. The van der Waals surface area contributed by atoms with Crippen molar-refractivity contribution in [1.29, 1.82) is 0 Å². The summed E-state index contributed by atoms with van der Waals surface area (Å²) in [6.07, 6.45) is 0.318. The first-order chi connectivity index (χ1) is 7.09. The quantitative estimate of drug-likeness (QED) is 0.744. The van der Waals surface area contributed by atoms with Gasteiger partial charge in [0.25, 0.3) is 0 Å². The molecule has 0 aliphatic carbocycles. The Morgan fingerprint density at radius 3 is 3.20 bits per heavy atom. The van der Waals surface area contributed by atoms with E-state index in [1.807, 2.05) is 17.6 Å². The van der Waals surface area contributed by atoms with Crippen molar-refractivity contribution in [3.63, 3.8) is 0 Å². The maximum atomic E-state index is 10.6. The maximum Gasteiger partial charge on any atom is 0.320 e. The lowest BCUT2D eigenvalue weighted by molar-refractivity contribution is -0.138. The van der Waals surface area contributed by atoms with Gasteiger partial charge in [0.1, 0.15) is 12.6 Å². The second-order valence-corrected chi connectivity index (χ2v) is 3.77. The van der Waals surface area contributed by atoms with Crippen molar-refractivity contribution in [2.45, 2.75) is 25.9 Å². The molecule has 3 N–H and O–H groups in total. The molecule has 0 spiro atoms. The first kappa shape index (κ1) is 10.0. The van der Waals surface area contributed by atoms with Crippen molar-refractivity contribution in [3.8, 4) is 5.88 Å². The van der Waals surface area contributed by atoms with E-state index in [-0.39, 0.29) is 0 Å². The van der Waals surface area contributed by atoms with Crippen LogP contribution in [-0.2, 0) is 17.8 Å². The Hall–Kier alpha value is -1.49. The number of carbonyl (C=O) groups is 1. The van der Waals surface area contributed by atoms with Gasteiger partial charge in [-0.2, -0.15) is 0 Å². The van der Waals surface area contributed by atoms with Gasteiger partial charge in [-0.1, -0.05) is 0 Å². The number of fused-ring (bicyclic) bond motifs is 1. The SMILES string of the molecule is Cc1cc(CC(N)C(=O)O)c2n1CCO2. The fourth-order valence-electron chi connectivity index (χ4n) is 1.88. The molecular weight excluding hydrogens is 196 g/mol. The van der Waals surface area contributed by atoms with Crippen LogP contribution in [0.1, 0.15) is 11.3 Å². The van der Waals surface area contributed by atoms with Gasteiger partial charge < -0.3 is 20.1 Å². The molecule has 0 saturated heterocycles. The number of carboxylic acid groups (broad SMARTS) is 1. The number of ether oxygens (including phenoxy) is 1. The number of aryl methyl sites for hydroxylation is 1. The molecular formula is C10H14N2O3. The molecule has 15 heavy (non-hydrogen) atoms. The number of aliphatic carboxylic acids is 1. The number of carboxylic acids is 1. The predicted octanol–water partition coefficient (Wildman–Crippen LogP) is 0.143. The van der Waals surface area contributed by atoms with Crippen molar-refractivity contribution >= 4 is 5.97 Å². The molecule has 0 radical (unpaired) electrons. The van der Waals surface area contributed by atoms with Crippen LogP contribution in [-0.4, -0.2) is 28.3 Å². The lowest BCUT2D eigenvalue weighted by Gasteiger charge is -2.05. The van der Waals surface area contributed by atoms with E-state index in [4.69, 9.17) is 15.6 Å². The van der Waals surface area contributed by atoms with Gasteiger partial charge in [-0.25, -0.2) is 0 Å². The predicted molar refractivity (Wildman–Crippen MR) is 54.0 cm³/mol. The van der Waals surface area contributed by atoms with Crippen LogP contribution in [0.15, 0.2) is 6.07 Å². The van der Waals surface area contributed by atoms with Crippen LogP contribution in [0.3, 0.4) is 0 Å². The first-order valence-corrected chi connectivity index (χ1v) is 4.90. The first-order valence-electron chi connectivity index (χ1n) is 4.90. The molecule has 1 aromatic rings. The van der Waals surface area contributed by atoms with Crippen LogP contribution in [0, 0.1) is 6.92 Å². The van der Waals surface area contributed by atoms with Crippen LogP contribution >= 0.6 is 0 Å². The van der Waals surface area contributed by atoms with Gasteiger partial charge in [0.2, 0.25) is 0 Å². The summed E-state index contributed by atoms with van der Waals surface area (Å²) in [4.78, 5) is 10.6. The number of hydrogen-bond acceptors (Lipinski definition) is 3. The van der Waals surface area contributed by atoms with Gasteiger partial charge in [0, 0.05) is 17.7 Å². The molecule has 0 fully saturated rings. The molecule has 5 heteroatoms. The zero-order valence-corrected chi connectivity index (χ0v) is 8.56. The molecule has 2 heterocycles. The third-order valence-electron chi connectivity index (χ3n) is 2.64. The summed E-state index contributed by atoms with van der Waals surface area (Å²) in [5.41, 5.74) is 7.47. The van der Waals surface area contributed by atoms with Crippen LogP contribution in [0.2, 0.25) is 0 Å². The second-order valence-electron chi connectivity index (χ2n) is 3.77. The van der Waals surface area contributed by atoms with E-state index in [0.717, 1.165) is 23.7 Å². The van der Waals surface area contributed by atoms with Gasteiger partial charge in [-0.3, -0.25) is 4.79 Å². The minimum atomic E-state index is -0.981. The molecule has 5 nitrogen and oxygen atoms in total. The van der Waals surface area contributed by atoms with E-state index in [1.54, 1.807) is 0 Å². The summed E-state index contributed by atoms with van der Waals surface area (Å²) < 4.78 is 7.49. The molecule has 2 rings (SSSR count). The molecule has 1 aromatic heterocycles. The summed E-state index contributed by atoms with van der Waals surface area (Å²) in [5, 5.41) is 8.73. The minimum Gasteiger partial charge on any atom is -0.480 e. The van der Waals surface area contributed by atoms with Crippen molar-refractivity contribution in [3.05, 3.63) is 17.3 Å². The van der Waals surface area contributed by atoms with Crippen molar-refractivity contribution in [2.75, 3.05) is 6.61 Å². The Kier molecular flexibility index (Phi) is 2.40. The summed E-state index contributed by atoms with van der Waals surface area (Å²) in [6.45, 7) is 3.48. The van der Waals surface area contributed by atoms with Gasteiger partial charge in [0.15, 0.2) is 5.88 Å². The van der Waals surface area contributed by atoms with E-state index in [1.165, 1.54) is 0 Å². The average Bonchev–Trinajstić information content (AvgIpc) is 2.72. The molecule has 0 amide bonds. The Balaban J connectivity index is 2.22. The number of aromatic nitrogens is 1. The number of rotatable bonds is 3. The lowest BCUT2D eigenvalue weighted by Crippen LogP contribution is -2.32. The highest BCUT2D eigenvalue weighted by molar-refractivity contribution is 5.73. The molecule has 1 aliphatic heterocycles. The van der Waals surface area contributed by atoms with Crippen molar-refractivity contribution < 1.29 is 14.6 Å². The summed E-state index contributed by atoms with van der Waals surface area (Å²) in [7, 11) is 0. The van der Waals surface area contributed by atoms with E-state index >= 15 is 0 Å². The molecule has 1 unspecified atom stereocenters. The zero-order valence-electron chi connectivity index (χ0n) is 8.56. The molecule has 0 saturated carbocycles. The molecule has 1 atom stereocenters.